The fraction of sp³-hybridized carbons (Fsp3) is 0.471. The SMILES string of the molecule is C=Cc1cccc(C(C(=O)NC(Cc2ccccc2)C(=O)OC(C)(C)C)N(CCC)C(=O)C(CS)NC(=O)OC(C)(C)C)c1. The molecule has 2 aromatic rings. The van der Waals surface area contributed by atoms with E-state index in [4.69, 9.17) is 9.47 Å². The van der Waals surface area contributed by atoms with E-state index in [0.29, 0.717) is 12.0 Å². The van der Waals surface area contributed by atoms with Gasteiger partial charge in [-0.05, 0) is 70.7 Å². The summed E-state index contributed by atoms with van der Waals surface area (Å²) < 4.78 is 11.0. The summed E-state index contributed by atoms with van der Waals surface area (Å²) in [5.41, 5.74) is 0.521. The monoisotopic (exact) mass is 625 g/mol. The number of carbonyl (C=O) groups is 4. The van der Waals surface area contributed by atoms with Gasteiger partial charge in [0.25, 0.3) is 0 Å². The zero-order valence-corrected chi connectivity index (χ0v) is 27.8. The minimum Gasteiger partial charge on any atom is -0.458 e. The van der Waals surface area contributed by atoms with Crippen molar-refractivity contribution in [2.45, 2.75) is 90.6 Å². The van der Waals surface area contributed by atoms with Crippen molar-refractivity contribution in [1.82, 2.24) is 15.5 Å². The second-order valence-electron chi connectivity index (χ2n) is 12.5. The number of carbonyl (C=O) groups excluding carboxylic acids is 4. The minimum atomic E-state index is -1.15. The molecule has 2 N–H and O–H groups in total. The molecule has 0 saturated heterocycles. The van der Waals surface area contributed by atoms with Crippen molar-refractivity contribution < 1.29 is 28.7 Å². The van der Waals surface area contributed by atoms with Gasteiger partial charge in [-0.25, -0.2) is 9.59 Å². The van der Waals surface area contributed by atoms with Gasteiger partial charge in [0.05, 0.1) is 0 Å². The highest BCUT2D eigenvalue weighted by molar-refractivity contribution is 7.80. The zero-order chi connectivity index (χ0) is 33.1. The third-order valence-electron chi connectivity index (χ3n) is 6.23. The second kappa shape index (κ2) is 16.3. The Kier molecular flexibility index (Phi) is 13.5. The van der Waals surface area contributed by atoms with E-state index in [1.165, 1.54) is 4.90 Å². The Morgan fingerprint density at radius 1 is 0.909 bits per heavy atom. The van der Waals surface area contributed by atoms with Crippen LogP contribution in [0.4, 0.5) is 4.79 Å². The van der Waals surface area contributed by atoms with Crippen LogP contribution in [0.1, 0.15) is 77.6 Å². The molecule has 0 fully saturated rings. The third-order valence-corrected chi connectivity index (χ3v) is 6.60. The van der Waals surface area contributed by atoms with Gasteiger partial charge in [0.2, 0.25) is 11.8 Å². The van der Waals surface area contributed by atoms with Crippen molar-refractivity contribution in [2.75, 3.05) is 12.3 Å². The number of nitrogens with one attached hydrogen (secondary N) is 2. The van der Waals surface area contributed by atoms with Crippen LogP contribution in [-0.4, -0.2) is 64.4 Å². The normalized spacial score (nSPS) is 13.5. The van der Waals surface area contributed by atoms with Gasteiger partial charge in [-0.2, -0.15) is 12.6 Å². The van der Waals surface area contributed by atoms with Crippen LogP contribution in [0, 0.1) is 0 Å². The molecule has 0 bridgehead atoms. The molecule has 0 aliphatic carbocycles. The summed E-state index contributed by atoms with van der Waals surface area (Å²) in [4.78, 5) is 55.7. The Labute approximate surface area is 267 Å². The number of nitrogens with zero attached hydrogens (tertiary/aromatic N) is 1. The predicted octanol–water partition coefficient (Wildman–Crippen LogP) is 5.50. The van der Waals surface area contributed by atoms with Gasteiger partial charge in [-0.1, -0.05) is 68.1 Å². The lowest BCUT2D eigenvalue weighted by Gasteiger charge is -2.35. The van der Waals surface area contributed by atoms with Crippen LogP contribution < -0.4 is 10.6 Å². The molecule has 3 atom stereocenters. The number of benzene rings is 2. The summed E-state index contributed by atoms with van der Waals surface area (Å²) in [5, 5.41) is 5.48. The number of thiol groups is 1. The van der Waals surface area contributed by atoms with E-state index in [0.717, 1.165) is 11.1 Å². The highest BCUT2D eigenvalue weighted by Gasteiger charge is 2.37. The van der Waals surface area contributed by atoms with E-state index in [1.807, 2.05) is 43.3 Å². The molecule has 2 aromatic carbocycles. The van der Waals surface area contributed by atoms with Crippen molar-refractivity contribution in [3.05, 3.63) is 77.9 Å². The molecule has 9 nitrogen and oxygen atoms in total. The van der Waals surface area contributed by atoms with Crippen LogP contribution in [0.2, 0.25) is 0 Å². The van der Waals surface area contributed by atoms with Gasteiger partial charge in [-0.15, -0.1) is 0 Å². The molecule has 0 aliphatic heterocycles. The molecular weight excluding hydrogens is 578 g/mol. The Hall–Kier alpha value is -3.79. The number of hydrogen-bond acceptors (Lipinski definition) is 7. The quantitative estimate of drug-likeness (QED) is 0.200. The molecule has 3 unspecified atom stereocenters. The van der Waals surface area contributed by atoms with Gasteiger partial charge < -0.3 is 25.0 Å². The van der Waals surface area contributed by atoms with Crippen LogP contribution in [0.25, 0.3) is 6.08 Å². The zero-order valence-electron chi connectivity index (χ0n) is 26.9. The average molecular weight is 626 g/mol. The first-order chi connectivity index (χ1) is 20.6. The molecule has 3 amide bonds. The molecule has 0 aromatic heterocycles. The molecule has 0 spiro atoms. The second-order valence-corrected chi connectivity index (χ2v) is 12.8. The largest absolute Gasteiger partial charge is 0.458 e. The first-order valence-electron chi connectivity index (χ1n) is 14.8. The van der Waals surface area contributed by atoms with Crippen LogP contribution in [0.5, 0.6) is 0 Å². The maximum atomic E-state index is 14.3. The van der Waals surface area contributed by atoms with Crippen molar-refractivity contribution >= 4 is 42.6 Å². The van der Waals surface area contributed by atoms with E-state index >= 15 is 0 Å². The van der Waals surface area contributed by atoms with E-state index in [-0.39, 0.29) is 18.7 Å². The number of amides is 3. The highest BCUT2D eigenvalue weighted by Crippen LogP contribution is 2.25. The van der Waals surface area contributed by atoms with Crippen LogP contribution >= 0.6 is 12.6 Å². The smallest absolute Gasteiger partial charge is 0.408 e. The summed E-state index contributed by atoms with van der Waals surface area (Å²) >= 11 is 4.33. The standard InChI is InChI=1S/C34H47N3O6S/c1-9-19-37(30(39)27(22-44)36-32(41)43-34(6,7)8)28(25-18-14-17-23(10-2)20-25)29(38)35-26(31(40)42-33(3,4)5)21-24-15-12-11-13-16-24/h10-18,20,26-28,44H,2,9,19,21-22H2,1,3-8H3,(H,35,38)(H,36,41). The number of ether oxygens (including phenoxy) is 2. The third kappa shape index (κ3) is 11.7. The molecule has 2 rings (SSSR count). The average Bonchev–Trinajstić information content (AvgIpc) is 2.93. The lowest BCUT2D eigenvalue weighted by molar-refractivity contribution is -0.159. The van der Waals surface area contributed by atoms with Crippen LogP contribution in [0.15, 0.2) is 61.2 Å². The first-order valence-corrected chi connectivity index (χ1v) is 15.4. The molecule has 0 radical (unpaired) electrons. The number of alkyl carbamates (subject to hydrolysis) is 1. The van der Waals surface area contributed by atoms with Gasteiger partial charge in [0.1, 0.15) is 29.3 Å². The van der Waals surface area contributed by atoms with Gasteiger partial charge >= 0.3 is 12.1 Å². The molecule has 44 heavy (non-hydrogen) atoms. The molecule has 0 heterocycles. The predicted molar refractivity (Wildman–Crippen MR) is 176 cm³/mol. The van der Waals surface area contributed by atoms with Gasteiger partial charge in [0, 0.05) is 18.7 Å². The van der Waals surface area contributed by atoms with Crippen molar-refractivity contribution in [3.63, 3.8) is 0 Å². The topological polar surface area (TPSA) is 114 Å². The lowest BCUT2D eigenvalue weighted by Crippen LogP contribution is -2.55. The Balaban J connectivity index is 2.56. The number of hydrogen-bond donors (Lipinski definition) is 3. The van der Waals surface area contributed by atoms with Crippen molar-refractivity contribution in [1.29, 1.82) is 0 Å². The van der Waals surface area contributed by atoms with Crippen molar-refractivity contribution in [2.24, 2.45) is 0 Å². The summed E-state index contributed by atoms with van der Waals surface area (Å²) in [5.74, 6) is -1.72. The first kappa shape index (κ1) is 36.4. The van der Waals surface area contributed by atoms with E-state index in [1.54, 1.807) is 65.8 Å². The van der Waals surface area contributed by atoms with Gasteiger partial charge in [0.15, 0.2) is 0 Å². The maximum absolute atomic E-state index is 14.3. The van der Waals surface area contributed by atoms with E-state index < -0.39 is 53.2 Å². The Morgan fingerprint density at radius 3 is 2.09 bits per heavy atom. The molecule has 10 heteroatoms. The fourth-order valence-electron chi connectivity index (χ4n) is 4.44. The number of rotatable bonds is 13. The lowest BCUT2D eigenvalue weighted by atomic mass is 9.99. The molecule has 0 saturated carbocycles. The van der Waals surface area contributed by atoms with Crippen molar-refractivity contribution in [3.8, 4) is 0 Å². The van der Waals surface area contributed by atoms with E-state index in [2.05, 4.69) is 29.8 Å². The Morgan fingerprint density at radius 2 is 1.55 bits per heavy atom. The van der Waals surface area contributed by atoms with Crippen LogP contribution in [0.3, 0.4) is 0 Å². The van der Waals surface area contributed by atoms with Gasteiger partial charge in [-0.3, -0.25) is 9.59 Å². The molecular formula is C34H47N3O6S. The summed E-state index contributed by atoms with van der Waals surface area (Å²) in [6, 6.07) is 13.1. The minimum absolute atomic E-state index is 0.0339. The molecule has 0 aliphatic rings. The molecule has 240 valence electrons. The van der Waals surface area contributed by atoms with Crippen LogP contribution in [-0.2, 0) is 30.3 Å². The fourth-order valence-corrected chi connectivity index (χ4v) is 4.69. The number of esters is 1. The van der Waals surface area contributed by atoms with E-state index in [9.17, 15) is 19.2 Å². The Bertz CT molecular complexity index is 1290. The summed E-state index contributed by atoms with van der Waals surface area (Å²) in [7, 11) is 0. The maximum Gasteiger partial charge on any atom is 0.408 e. The summed E-state index contributed by atoms with van der Waals surface area (Å²) in [6.07, 6.45) is 1.57. The summed E-state index contributed by atoms with van der Waals surface area (Å²) in [6.45, 7) is 16.3. The highest BCUT2D eigenvalue weighted by atomic mass is 32.1.